The normalized spacial score (nSPS) is 19.6. The number of sulfonamides is 2. The van der Waals surface area contributed by atoms with E-state index in [0.717, 1.165) is 11.1 Å². The van der Waals surface area contributed by atoms with Crippen LogP contribution in [0.15, 0.2) is 76.7 Å². The van der Waals surface area contributed by atoms with Crippen LogP contribution in [-0.4, -0.2) is 88.4 Å². The Labute approximate surface area is 258 Å². The number of nitrogen functional groups attached to an aromatic ring is 1. The zero-order valence-corrected chi connectivity index (χ0v) is 26.2. The third-order valence-corrected chi connectivity index (χ3v) is 11.4. The highest BCUT2D eigenvalue weighted by Gasteiger charge is 2.44. The second-order valence-electron chi connectivity index (χ2n) is 11.1. The third-order valence-electron chi connectivity index (χ3n) is 7.97. The van der Waals surface area contributed by atoms with Crippen LogP contribution in [-0.2, 0) is 24.8 Å². The van der Waals surface area contributed by atoms with Crippen LogP contribution in [0.1, 0.15) is 26.2 Å². The van der Waals surface area contributed by atoms with Gasteiger partial charge in [-0.25, -0.2) is 26.5 Å². The van der Waals surface area contributed by atoms with Crippen molar-refractivity contribution in [2.75, 3.05) is 45.1 Å². The SMILES string of the molecule is CCNS(=O)(=O)c1cccc(OC[C@@H](O)CNC2COC3(CCN(S(=O)(=O)c4cccc(-c5ccc(N)nc5)c4)CC3)C2)c1. The molecule has 1 spiro atoms. The maximum atomic E-state index is 13.5. The molecule has 2 saturated heterocycles. The van der Waals surface area contributed by atoms with Crippen LogP contribution in [0.25, 0.3) is 11.1 Å². The van der Waals surface area contributed by atoms with E-state index in [2.05, 4.69) is 15.0 Å². The number of aliphatic hydroxyl groups is 1. The van der Waals surface area contributed by atoms with Gasteiger partial charge in [0.2, 0.25) is 20.0 Å². The Morgan fingerprint density at radius 1 is 1.07 bits per heavy atom. The molecular weight excluding hydrogens is 606 g/mol. The van der Waals surface area contributed by atoms with Crippen LogP contribution in [0, 0.1) is 0 Å². The Morgan fingerprint density at radius 3 is 2.55 bits per heavy atom. The number of aromatic nitrogens is 1. The van der Waals surface area contributed by atoms with Crippen LogP contribution in [0.3, 0.4) is 0 Å². The van der Waals surface area contributed by atoms with Crippen molar-refractivity contribution < 1.29 is 31.4 Å². The molecule has 238 valence electrons. The van der Waals surface area contributed by atoms with E-state index in [1.807, 2.05) is 12.1 Å². The predicted octanol–water partition coefficient (Wildman–Crippen LogP) is 1.97. The van der Waals surface area contributed by atoms with Crippen molar-refractivity contribution in [2.24, 2.45) is 0 Å². The molecule has 2 fully saturated rings. The van der Waals surface area contributed by atoms with Gasteiger partial charge in [0.05, 0.1) is 22.0 Å². The summed E-state index contributed by atoms with van der Waals surface area (Å²) in [6, 6.07) is 16.5. The van der Waals surface area contributed by atoms with E-state index >= 15 is 0 Å². The average molecular weight is 646 g/mol. The minimum absolute atomic E-state index is 0.00611. The van der Waals surface area contributed by atoms with Gasteiger partial charge in [-0.15, -0.1) is 0 Å². The molecule has 2 aliphatic heterocycles. The molecule has 0 saturated carbocycles. The quantitative estimate of drug-likeness (QED) is 0.228. The van der Waals surface area contributed by atoms with E-state index in [-0.39, 0.29) is 35.5 Å². The first-order chi connectivity index (χ1) is 21.0. The lowest BCUT2D eigenvalue weighted by atomic mass is 9.88. The summed E-state index contributed by atoms with van der Waals surface area (Å²) in [6.45, 7) is 3.39. The molecule has 5 N–H and O–H groups in total. The molecule has 0 radical (unpaired) electrons. The van der Waals surface area contributed by atoms with Crippen molar-refractivity contribution in [1.29, 1.82) is 0 Å². The predicted molar refractivity (Wildman–Crippen MR) is 166 cm³/mol. The molecule has 3 heterocycles. The Kier molecular flexibility index (Phi) is 9.89. The number of anilines is 1. The average Bonchev–Trinajstić information content (AvgIpc) is 3.41. The highest BCUT2D eigenvalue weighted by Crippen LogP contribution is 2.37. The van der Waals surface area contributed by atoms with Gasteiger partial charge >= 0.3 is 0 Å². The maximum absolute atomic E-state index is 13.5. The van der Waals surface area contributed by atoms with Crippen molar-refractivity contribution in [3.63, 3.8) is 0 Å². The number of nitrogens with two attached hydrogens (primary N) is 1. The van der Waals surface area contributed by atoms with Crippen molar-refractivity contribution >= 4 is 25.9 Å². The summed E-state index contributed by atoms with van der Waals surface area (Å²) in [5, 5.41) is 13.8. The van der Waals surface area contributed by atoms with E-state index in [0.29, 0.717) is 50.5 Å². The van der Waals surface area contributed by atoms with Crippen LogP contribution in [0.5, 0.6) is 5.75 Å². The number of ether oxygens (including phenoxy) is 2. The van der Waals surface area contributed by atoms with Crippen molar-refractivity contribution in [3.05, 3.63) is 66.9 Å². The molecular formula is C30H39N5O7S2. The van der Waals surface area contributed by atoms with Crippen LogP contribution in [0.4, 0.5) is 5.82 Å². The number of hydrogen-bond donors (Lipinski definition) is 4. The minimum atomic E-state index is -3.69. The summed E-state index contributed by atoms with van der Waals surface area (Å²) in [6.07, 6.45) is 2.65. The monoisotopic (exact) mass is 645 g/mol. The summed E-state index contributed by atoms with van der Waals surface area (Å²) in [5.74, 6) is 0.747. The summed E-state index contributed by atoms with van der Waals surface area (Å²) < 4.78 is 67.2. The van der Waals surface area contributed by atoms with E-state index < -0.39 is 31.8 Å². The summed E-state index contributed by atoms with van der Waals surface area (Å²) in [4.78, 5) is 4.43. The molecule has 2 aliphatic rings. The summed E-state index contributed by atoms with van der Waals surface area (Å²) in [5.41, 5.74) is 6.80. The lowest BCUT2D eigenvalue weighted by Crippen LogP contribution is -2.47. The standard InChI is InChI=1S/C30H39N5O7S2/c1-2-34-43(37,38)27-7-4-6-26(16-27)41-21-25(36)19-32-24-17-30(42-20-24)11-13-35(14-12-30)44(39,40)28-8-3-5-22(15-28)23-9-10-29(31)33-18-23/h3-10,15-16,18,24-25,32,34,36H,2,11-14,17,19-21H2,1H3,(H2,31,33)/t24?,25-/m0/s1. The van der Waals surface area contributed by atoms with Gasteiger partial charge in [0.1, 0.15) is 24.3 Å². The van der Waals surface area contributed by atoms with Gasteiger partial charge < -0.3 is 25.6 Å². The Balaban J connectivity index is 1.09. The zero-order valence-electron chi connectivity index (χ0n) is 24.6. The molecule has 5 rings (SSSR count). The molecule has 0 bridgehead atoms. The molecule has 1 aromatic heterocycles. The van der Waals surface area contributed by atoms with Gasteiger partial charge in [-0.2, -0.15) is 4.31 Å². The number of hydrogen-bond acceptors (Lipinski definition) is 10. The fourth-order valence-electron chi connectivity index (χ4n) is 5.58. The summed E-state index contributed by atoms with van der Waals surface area (Å²) >= 11 is 0. The molecule has 2 atom stereocenters. The van der Waals surface area contributed by atoms with Gasteiger partial charge in [0.25, 0.3) is 0 Å². The van der Waals surface area contributed by atoms with E-state index in [4.69, 9.17) is 15.2 Å². The van der Waals surface area contributed by atoms with Crippen molar-refractivity contribution in [1.82, 2.24) is 19.3 Å². The lowest BCUT2D eigenvalue weighted by molar-refractivity contribution is -0.0312. The molecule has 14 heteroatoms. The highest BCUT2D eigenvalue weighted by atomic mass is 32.2. The van der Waals surface area contributed by atoms with Gasteiger partial charge in [0, 0.05) is 50.0 Å². The molecule has 2 aromatic carbocycles. The molecule has 0 amide bonds. The number of pyridine rings is 1. The fraction of sp³-hybridized carbons (Fsp3) is 0.433. The van der Waals surface area contributed by atoms with Gasteiger partial charge in [-0.1, -0.05) is 25.1 Å². The fourth-order valence-corrected chi connectivity index (χ4v) is 8.14. The zero-order chi connectivity index (χ0) is 31.4. The van der Waals surface area contributed by atoms with Crippen LogP contribution >= 0.6 is 0 Å². The van der Waals surface area contributed by atoms with Crippen molar-refractivity contribution in [3.8, 4) is 16.9 Å². The number of piperidine rings is 1. The first kappa shape index (κ1) is 32.3. The first-order valence-corrected chi connectivity index (χ1v) is 17.5. The molecule has 12 nitrogen and oxygen atoms in total. The summed E-state index contributed by atoms with van der Waals surface area (Å²) in [7, 11) is -7.30. The molecule has 0 aliphatic carbocycles. The van der Waals surface area contributed by atoms with Crippen LogP contribution < -0.4 is 20.5 Å². The van der Waals surface area contributed by atoms with Gasteiger partial charge in [-0.05, 0) is 61.2 Å². The van der Waals surface area contributed by atoms with Gasteiger partial charge in [-0.3, -0.25) is 0 Å². The second-order valence-corrected chi connectivity index (χ2v) is 14.9. The third kappa shape index (κ3) is 7.57. The van der Waals surface area contributed by atoms with E-state index in [1.54, 1.807) is 49.5 Å². The van der Waals surface area contributed by atoms with Crippen LogP contribution in [0.2, 0.25) is 0 Å². The highest BCUT2D eigenvalue weighted by molar-refractivity contribution is 7.89. The largest absolute Gasteiger partial charge is 0.491 e. The Morgan fingerprint density at radius 2 is 1.82 bits per heavy atom. The van der Waals surface area contributed by atoms with Gasteiger partial charge in [0.15, 0.2) is 0 Å². The maximum Gasteiger partial charge on any atom is 0.243 e. The second kappa shape index (κ2) is 13.5. The first-order valence-electron chi connectivity index (χ1n) is 14.6. The Hall–Kier alpha value is -3.11. The number of rotatable bonds is 12. The van der Waals surface area contributed by atoms with E-state index in [1.165, 1.54) is 16.4 Å². The molecule has 3 aromatic rings. The smallest absolute Gasteiger partial charge is 0.243 e. The Bertz CT molecular complexity index is 1640. The number of nitrogens with one attached hydrogen (secondary N) is 2. The van der Waals surface area contributed by atoms with E-state index in [9.17, 15) is 21.9 Å². The lowest BCUT2D eigenvalue weighted by Gasteiger charge is -2.38. The van der Waals surface area contributed by atoms with Crippen molar-refractivity contribution in [2.45, 2.75) is 53.7 Å². The topological polar surface area (TPSA) is 173 Å². The molecule has 44 heavy (non-hydrogen) atoms. The number of nitrogens with zero attached hydrogens (tertiary/aromatic N) is 2. The molecule has 1 unspecified atom stereocenters. The minimum Gasteiger partial charge on any atom is -0.491 e. The number of aliphatic hydroxyl groups excluding tert-OH is 1. The number of benzene rings is 2.